The lowest BCUT2D eigenvalue weighted by Gasteiger charge is -2.37. The molecule has 0 saturated heterocycles. The minimum absolute atomic E-state index is 0.0967. The highest BCUT2D eigenvalue weighted by atomic mass is 16.5. The van der Waals surface area contributed by atoms with E-state index in [4.69, 9.17) is 4.74 Å². The third kappa shape index (κ3) is 3.15. The molecule has 0 aliphatic heterocycles. The summed E-state index contributed by atoms with van der Waals surface area (Å²) in [6.07, 6.45) is 2.45. The van der Waals surface area contributed by atoms with Crippen molar-refractivity contribution in [3.05, 3.63) is 23.8 Å². The first-order chi connectivity index (χ1) is 8.58. The smallest absolute Gasteiger partial charge is 0.119 e. The summed E-state index contributed by atoms with van der Waals surface area (Å²) in [5, 5.41) is 22.4. The second-order valence-electron chi connectivity index (χ2n) is 4.92. The first-order valence-corrected chi connectivity index (χ1v) is 6.49. The number of nitrogens with one attached hydrogen (secondary N) is 1. The second-order valence-corrected chi connectivity index (χ2v) is 4.92. The molecule has 4 nitrogen and oxygen atoms in total. The lowest BCUT2D eigenvalue weighted by Crippen LogP contribution is -2.46. The number of aromatic hydroxyl groups is 2. The Bertz CT molecular complexity index is 382. The van der Waals surface area contributed by atoms with Crippen LogP contribution in [0.1, 0.15) is 38.3 Å². The molecule has 2 rings (SSSR count). The molecule has 100 valence electrons. The van der Waals surface area contributed by atoms with Crippen molar-refractivity contribution < 1.29 is 14.9 Å². The molecule has 0 aromatic heterocycles. The predicted octanol–water partition coefficient (Wildman–Crippen LogP) is 2.32. The highest BCUT2D eigenvalue weighted by molar-refractivity contribution is 5.38. The van der Waals surface area contributed by atoms with Gasteiger partial charge < -0.3 is 20.3 Å². The number of benzene rings is 1. The van der Waals surface area contributed by atoms with Crippen molar-refractivity contribution in [2.45, 2.75) is 44.9 Å². The number of hydrogen-bond donors (Lipinski definition) is 3. The van der Waals surface area contributed by atoms with Crippen LogP contribution in [0.5, 0.6) is 11.5 Å². The molecule has 1 unspecified atom stereocenters. The zero-order chi connectivity index (χ0) is 13.1. The molecule has 1 aliphatic carbocycles. The number of ether oxygens (including phenoxy) is 1. The third-order valence-electron chi connectivity index (χ3n) is 3.41. The largest absolute Gasteiger partial charge is 0.508 e. The van der Waals surface area contributed by atoms with Gasteiger partial charge in [-0.25, -0.2) is 0 Å². The van der Waals surface area contributed by atoms with E-state index in [-0.39, 0.29) is 17.5 Å². The van der Waals surface area contributed by atoms with Gasteiger partial charge in [0, 0.05) is 24.8 Å². The van der Waals surface area contributed by atoms with Gasteiger partial charge in [0.05, 0.1) is 6.10 Å². The molecule has 1 atom stereocenters. The summed E-state index contributed by atoms with van der Waals surface area (Å²) in [6.45, 7) is 4.81. The molecule has 1 aromatic rings. The summed E-state index contributed by atoms with van der Waals surface area (Å²) in [5.41, 5.74) is 0.896. The molecule has 0 bridgehead atoms. The van der Waals surface area contributed by atoms with E-state index in [9.17, 15) is 10.2 Å². The third-order valence-corrected chi connectivity index (χ3v) is 3.41. The van der Waals surface area contributed by atoms with Crippen molar-refractivity contribution in [3.8, 4) is 11.5 Å². The van der Waals surface area contributed by atoms with Crippen LogP contribution in [0.4, 0.5) is 0 Å². The van der Waals surface area contributed by atoms with Gasteiger partial charge >= 0.3 is 0 Å². The van der Waals surface area contributed by atoms with Crippen LogP contribution in [0.15, 0.2) is 18.2 Å². The molecular formula is C14H21NO3. The van der Waals surface area contributed by atoms with Gasteiger partial charge in [-0.2, -0.15) is 0 Å². The van der Waals surface area contributed by atoms with Gasteiger partial charge in [-0.15, -0.1) is 0 Å². The van der Waals surface area contributed by atoms with Crippen molar-refractivity contribution in [3.63, 3.8) is 0 Å². The summed E-state index contributed by atoms with van der Waals surface area (Å²) in [5.74, 6) is 0.193. The Hall–Kier alpha value is -1.26. The summed E-state index contributed by atoms with van der Waals surface area (Å²) in [4.78, 5) is 0. The zero-order valence-corrected chi connectivity index (χ0v) is 10.9. The molecule has 18 heavy (non-hydrogen) atoms. The molecule has 1 aromatic carbocycles. The molecule has 1 fully saturated rings. The topological polar surface area (TPSA) is 61.7 Å². The maximum absolute atomic E-state index is 9.45. The molecule has 3 N–H and O–H groups in total. The van der Waals surface area contributed by atoms with Gasteiger partial charge in [0.1, 0.15) is 11.5 Å². The van der Waals surface area contributed by atoms with Crippen LogP contribution in [-0.4, -0.2) is 29.0 Å². The van der Waals surface area contributed by atoms with E-state index in [1.165, 1.54) is 6.07 Å². The standard InChI is InChI=1S/C14H21NO3/c1-3-18-14-6-11(7-14)15-9(2)10-4-12(16)8-13(17)5-10/h4-5,8-9,11,14-17H,3,6-7H2,1-2H3. The van der Waals surface area contributed by atoms with Crippen LogP contribution in [0.25, 0.3) is 0 Å². The Kier molecular flexibility index (Phi) is 4.09. The van der Waals surface area contributed by atoms with Crippen molar-refractivity contribution >= 4 is 0 Å². The normalized spacial score (nSPS) is 24.6. The Labute approximate surface area is 108 Å². The lowest BCUT2D eigenvalue weighted by molar-refractivity contribution is -0.0120. The van der Waals surface area contributed by atoms with Crippen LogP contribution in [0.2, 0.25) is 0 Å². The van der Waals surface area contributed by atoms with Gasteiger partial charge in [0.2, 0.25) is 0 Å². The first-order valence-electron chi connectivity index (χ1n) is 6.49. The van der Waals surface area contributed by atoms with E-state index < -0.39 is 0 Å². The Morgan fingerprint density at radius 2 is 1.89 bits per heavy atom. The van der Waals surface area contributed by atoms with Gasteiger partial charge in [-0.1, -0.05) is 0 Å². The monoisotopic (exact) mass is 251 g/mol. The minimum Gasteiger partial charge on any atom is -0.508 e. The Morgan fingerprint density at radius 1 is 1.28 bits per heavy atom. The summed E-state index contributed by atoms with van der Waals surface area (Å²) in [6, 6.07) is 5.26. The SMILES string of the molecule is CCOC1CC(NC(C)c2cc(O)cc(O)c2)C1. The van der Waals surface area contributed by atoms with Crippen LogP contribution in [0.3, 0.4) is 0 Å². The van der Waals surface area contributed by atoms with Gasteiger partial charge in [0.15, 0.2) is 0 Å². The molecule has 1 saturated carbocycles. The predicted molar refractivity (Wildman–Crippen MR) is 69.8 cm³/mol. The van der Waals surface area contributed by atoms with Crippen molar-refractivity contribution in [2.75, 3.05) is 6.61 Å². The molecule has 0 heterocycles. The number of rotatable bonds is 5. The molecule has 4 heteroatoms. The van der Waals surface area contributed by atoms with E-state index >= 15 is 0 Å². The second kappa shape index (κ2) is 5.59. The molecule has 0 radical (unpaired) electrons. The van der Waals surface area contributed by atoms with E-state index in [1.807, 2.05) is 13.8 Å². The molecule has 0 amide bonds. The van der Waals surface area contributed by atoms with E-state index in [1.54, 1.807) is 12.1 Å². The van der Waals surface area contributed by atoms with E-state index in [0.29, 0.717) is 12.1 Å². The van der Waals surface area contributed by atoms with Crippen LogP contribution in [-0.2, 0) is 4.74 Å². The summed E-state index contributed by atoms with van der Waals surface area (Å²) >= 11 is 0. The van der Waals surface area contributed by atoms with Crippen LogP contribution >= 0.6 is 0 Å². The average molecular weight is 251 g/mol. The van der Waals surface area contributed by atoms with E-state index in [0.717, 1.165) is 25.0 Å². The van der Waals surface area contributed by atoms with Crippen molar-refractivity contribution in [2.24, 2.45) is 0 Å². The molecule has 0 spiro atoms. The fraction of sp³-hybridized carbons (Fsp3) is 0.571. The first kappa shape index (κ1) is 13.2. The quantitative estimate of drug-likeness (QED) is 0.751. The van der Waals surface area contributed by atoms with Crippen molar-refractivity contribution in [1.82, 2.24) is 5.32 Å². The fourth-order valence-electron chi connectivity index (χ4n) is 2.39. The molecule has 1 aliphatic rings. The van der Waals surface area contributed by atoms with Crippen molar-refractivity contribution in [1.29, 1.82) is 0 Å². The number of phenols is 2. The minimum atomic E-state index is 0.0967. The van der Waals surface area contributed by atoms with Gasteiger partial charge in [-0.3, -0.25) is 0 Å². The van der Waals surface area contributed by atoms with Gasteiger partial charge in [-0.05, 0) is 44.4 Å². The summed E-state index contributed by atoms with van der Waals surface area (Å²) < 4.78 is 5.51. The Morgan fingerprint density at radius 3 is 2.44 bits per heavy atom. The van der Waals surface area contributed by atoms with Crippen LogP contribution in [0, 0.1) is 0 Å². The maximum Gasteiger partial charge on any atom is 0.119 e. The molecular weight excluding hydrogens is 230 g/mol. The van der Waals surface area contributed by atoms with E-state index in [2.05, 4.69) is 5.32 Å². The van der Waals surface area contributed by atoms with Gasteiger partial charge in [0.25, 0.3) is 0 Å². The average Bonchev–Trinajstić information content (AvgIpc) is 2.24. The lowest BCUT2D eigenvalue weighted by atomic mass is 9.88. The summed E-state index contributed by atoms with van der Waals surface area (Å²) in [7, 11) is 0. The zero-order valence-electron chi connectivity index (χ0n) is 10.9. The number of phenolic OH excluding ortho intramolecular Hbond substituents is 2. The highest BCUT2D eigenvalue weighted by Gasteiger charge is 2.30. The highest BCUT2D eigenvalue weighted by Crippen LogP contribution is 2.29. The fourth-order valence-corrected chi connectivity index (χ4v) is 2.39. The maximum atomic E-state index is 9.45. The number of hydrogen-bond acceptors (Lipinski definition) is 4. The Balaban J connectivity index is 1.87. The van der Waals surface area contributed by atoms with Crippen LogP contribution < -0.4 is 5.32 Å².